The maximum absolute atomic E-state index is 2.40. The molecule has 1 aromatic rings. The average molecular weight is 232 g/mol. The van der Waals surface area contributed by atoms with E-state index >= 15 is 0 Å². The molecular formula is C17H28. The van der Waals surface area contributed by atoms with Gasteiger partial charge < -0.3 is 0 Å². The van der Waals surface area contributed by atoms with Crippen molar-refractivity contribution in [2.45, 2.75) is 59.8 Å². The van der Waals surface area contributed by atoms with Gasteiger partial charge in [0.05, 0.1) is 0 Å². The second-order valence-electron chi connectivity index (χ2n) is 5.43. The van der Waals surface area contributed by atoms with Crippen molar-refractivity contribution in [3.63, 3.8) is 0 Å². The molecule has 0 nitrogen and oxygen atoms in total. The summed E-state index contributed by atoms with van der Waals surface area (Å²) in [6, 6.07) is 9.14. The van der Waals surface area contributed by atoms with Crippen LogP contribution in [0, 0.1) is 11.8 Å². The summed E-state index contributed by atoms with van der Waals surface area (Å²) in [6.07, 6.45) is 6.39. The van der Waals surface area contributed by atoms with Gasteiger partial charge in [0.2, 0.25) is 0 Å². The summed E-state index contributed by atoms with van der Waals surface area (Å²) in [5, 5.41) is 0. The standard InChI is InChI=1S/C17H28/c1-5-14(3)15(4)8-7-9-17-12-10-16(6-2)11-13-17/h10-15H,5-9H2,1-4H3. The largest absolute Gasteiger partial charge is 0.0651 e. The highest BCUT2D eigenvalue weighted by atomic mass is 14.1. The first-order valence-electron chi connectivity index (χ1n) is 7.25. The van der Waals surface area contributed by atoms with Crippen molar-refractivity contribution in [1.82, 2.24) is 0 Å². The van der Waals surface area contributed by atoms with E-state index < -0.39 is 0 Å². The molecule has 0 heterocycles. The SMILES string of the molecule is CCc1ccc(CCCC(C)C(C)CC)cc1. The van der Waals surface area contributed by atoms with Crippen LogP contribution in [0.4, 0.5) is 0 Å². The Labute approximate surface area is 107 Å². The van der Waals surface area contributed by atoms with E-state index in [-0.39, 0.29) is 0 Å². The Morgan fingerprint density at radius 3 is 2.00 bits per heavy atom. The third-order valence-electron chi connectivity index (χ3n) is 4.17. The maximum atomic E-state index is 2.40. The van der Waals surface area contributed by atoms with Gasteiger partial charge in [0.25, 0.3) is 0 Å². The number of rotatable bonds is 7. The summed E-state index contributed by atoms with van der Waals surface area (Å²) < 4.78 is 0. The van der Waals surface area contributed by atoms with Crippen molar-refractivity contribution in [3.05, 3.63) is 35.4 Å². The van der Waals surface area contributed by atoms with Crippen LogP contribution in [0.1, 0.15) is 58.1 Å². The Morgan fingerprint density at radius 1 is 0.882 bits per heavy atom. The fourth-order valence-corrected chi connectivity index (χ4v) is 2.26. The van der Waals surface area contributed by atoms with Crippen LogP contribution in [0.15, 0.2) is 24.3 Å². The van der Waals surface area contributed by atoms with Gasteiger partial charge >= 0.3 is 0 Å². The highest BCUT2D eigenvalue weighted by molar-refractivity contribution is 5.22. The van der Waals surface area contributed by atoms with Gasteiger partial charge in [0.1, 0.15) is 0 Å². The van der Waals surface area contributed by atoms with Gasteiger partial charge in [-0.25, -0.2) is 0 Å². The number of aryl methyl sites for hydroxylation is 2. The Hall–Kier alpha value is -0.780. The smallest absolute Gasteiger partial charge is 0.0279 e. The van der Waals surface area contributed by atoms with Crippen molar-refractivity contribution in [1.29, 1.82) is 0 Å². The first-order valence-corrected chi connectivity index (χ1v) is 7.25. The highest BCUT2D eigenvalue weighted by Gasteiger charge is 2.09. The first-order chi connectivity index (χ1) is 8.17. The second kappa shape index (κ2) is 7.53. The van der Waals surface area contributed by atoms with Crippen molar-refractivity contribution in [2.75, 3.05) is 0 Å². The van der Waals surface area contributed by atoms with E-state index in [9.17, 15) is 0 Å². The lowest BCUT2D eigenvalue weighted by atomic mass is 9.88. The lowest BCUT2D eigenvalue weighted by Crippen LogP contribution is -2.07. The molecule has 0 aliphatic heterocycles. The van der Waals surface area contributed by atoms with Crippen LogP contribution in [0.5, 0.6) is 0 Å². The van der Waals surface area contributed by atoms with Crippen LogP contribution in [0.2, 0.25) is 0 Å². The summed E-state index contributed by atoms with van der Waals surface area (Å²) >= 11 is 0. The lowest BCUT2D eigenvalue weighted by Gasteiger charge is -2.17. The van der Waals surface area contributed by atoms with Crippen molar-refractivity contribution in [3.8, 4) is 0 Å². The van der Waals surface area contributed by atoms with E-state index in [1.54, 1.807) is 0 Å². The third kappa shape index (κ3) is 4.93. The molecule has 96 valence electrons. The van der Waals surface area contributed by atoms with Crippen molar-refractivity contribution >= 4 is 0 Å². The monoisotopic (exact) mass is 232 g/mol. The van der Waals surface area contributed by atoms with Gasteiger partial charge in [-0.3, -0.25) is 0 Å². The Balaban J connectivity index is 2.30. The molecule has 0 radical (unpaired) electrons. The molecule has 0 aliphatic carbocycles. The Kier molecular flexibility index (Phi) is 6.32. The lowest BCUT2D eigenvalue weighted by molar-refractivity contribution is 0.347. The van der Waals surface area contributed by atoms with E-state index in [4.69, 9.17) is 0 Å². The van der Waals surface area contributed by atoms with Crippen LogP contribution in [0.3, 0.4) is 0 Å². The minimum atomic E-state index is 0.870. The zero-order valence-corrected chi connectivity index (χ0v) is 12.0. The zero-order chi connectivity index (χ0) is 12.7. The molecule has 0 aliphatic rings. The van der Waals surface area contributed by atoms with Gasteiger partial charge in [-0.05, 0) is 42.2 Å². The predicted molar refractivity (Wildman–Crippen MR) is 77.4 cm³/mol. The molecule has 1 rings (SSSR count). The summed E-state index contributed by atoms with van der Waals surface area (Å²) in [5.74, 6) is 1.74. The van der Waals surface area contributed by atoms with Crippen LogP contribution < -0.4 is 0 Å². The van der Waals surface area contributed by atoms with Gasteiger partial charge in [0.15, 0.2) is 0 Å². The molecule has 17 heavy (non-hydrogen) atoms. The van der Waals surface area contributed by atoms with E-state index in [0.717, 1.165) is 18.3 Å². The second-order valence-corrected chi connectivity index (χ2v) is 5.43. The minimum absolute atomic E-state index is 0.870. The molecular weight excluding hydrogens is 204 g/mol. The van der Waals surface area contributed by atoms with E-state index in [1.165, 1.54) is 36.8 Å². The summed E-state index contributed by atoms with van der Waals surface area (Å²) in [7, 11) is 0. The Bertz CT molecular complexity index is 296. The summed E-state index contributed by atoms with van der Waals surface area (Å²) in [5.41, 5.74) is 2.94. The number of hydrogen-bond donors (Lipinski definition) is 0. The molecule has 0 bridgehead atoms. The molecule has 1 aromatic carbocycles. The number of hydrogen-bond acceptors (Lipinski definition) is 0. The highest BCUT2D eigenvalue weighted by Crippen LogP contribution is 2.20. The van der Waals surface area contributed by atoms with Gasteiger partial charge in [-0.15, -0.1) is 0 Å². The van der Waals surface area contributed by atoms with Crippen LogP contribution >= 0.6 is 0 Å². The fourth-order valence-electron chi connectivity index (χ4n) is 2.26. The topological polar surface area (TPSA) is 0 Å². The molecule has 2 unspecified atom stereocenters. The Morgan fingerprint density at radius 2 is 1.47 bits per heavy atom. The molecule has 0 saturated carbocycles. The maximum Gasteiger partial charge on any atom is -0.0279 e. The van der Waals surface area contributed by atoms with Gasteiger partial charge in [0, 0.05) is 0 Å². The van der Waals surface area contributed by atoms with Crippen LogP contribution in [-0.4, -0.2) is 0 Å². The number of benzene rings is 1. The van der Waals surface area contributed by atoms with Gasteiger partial charge in [-0.1, -0.05) is 64.8 Å². The molecule has 0 saturated heterocycles. The van der Waals surface area contributed by atoms with Crippen molar-refractivity contribution in [2.24, 2.45) is 11.8 Å². The van der Waals surface area contributed by atoms with E-state index in [0.29, 0.717) is 0 Å². The molecule has 0 heteroatoms. The summed E-state index contributed by atoms with van der Waals surface area (Å²) in [6.45, 7) is 9.28. The van der Waals surface area contributed by atoms with E-state index in [1.807, 2.05) is 0 Å². The molecule has 2 atom stereocenters. The molecule has 0 N–H and O–H groups in total. The minimum Gasteiger partial charge on any atom is -0.0651 e. The molecule has 0 spiro atoms. The normalized spacial score (nSPS) is 14.6. The predicted octanol–water partition coefficient (Wildman–Crippen LogP) is 5.25. The first kappa shape index (κ1) is 14.3. The average Bonchev–Trinajstić information content (AvgIpc) is 2.38. The van der Waals surface area contributed by atoms with Crippen LogP contribution in [0.25, 0.3) is 0 Å². The zero-order valence-electron chi connectivity index (χ0n) is 12.0. The summed E-state index contributed by atoms with van der Waals surface area (Å²) in [4.78, 5) is 0. The molecule has 0 fully saturated rings. The van der Waals surface area contributed by atoms with Gasteiger partial charge in [-0.2, -0.15) is 0 Å². The molecule has 0 aromatic heterocycles. The van der Waals surface area contributed by atoms with Crippen LogP contribution in [-0.2, 0) is 12.8 Å². The fraction of sp³-hybridized carbons (Fsp3) is 0.647. The van der Waals surface area contributed by atoms with E-state index in [2.05, 4.69) is 52.0 Å². The quantitative estimate of drug-likeness (QED) is 0.602. The van der Waals surface area contributed by atoms with Crippen molar-refractivity contribution < 1.29 is 0 Å². The third-order valence-corrected chi connectivity index (χ3v) is 4.17. The molecule has 0 amide bonds.